The Labute approximate surface area is 149 Å². The van der Waals surface area contributed by atoms with Crippen molar-refractivity contribution < 1.29 is 9.47 Å². The van der Waals surface area contributed by atoms with Crippen LogP contribution in [0.25, 0.3) is 5.65 Å². The second-order valence-electron chi connectivity index (χ2n) is 5.39. The molecule has 0 unspecified atom stereocenters. The van der Waals surface area contributed by atoms with Crippen molar-refractivity contribution in [2.45, 2.75) is 6.61 Å². The lowest BCUT2D eigenvalue weighted by molar-refractivity contribution is 0.301. The molecule has 0 bridgehead atoms. The maximum Gasteiger partial charge on any atom is 0.137 e. The zero-order valence-corrected chi connectivity index (χ0v) is 13.9. The van der Waals surface area contributed by atoms with Crippen LogP contribution in [0, 0.1) is 0 Å². The third-order valence-electron chi connectivity index (χ3n) is 3.56. The van der Waals surface area contributed by atoms with Gasteiger partial charge < -0.3 is 13.9 Å². The molecule has 0 atom stereocenters. The van der Waals surface area contributed by atoms with Crippen molar-refractivity contribution in [1.29, 1.82) is 0 Å². The van der Waals surface area contributed by atoms with Crippen LogP contribution in [-0.4, -0.2) is 14.4 Å². The second-order valence-corrected chi connectivity index (χ2v) is 5.83. The molecule has 6 heteroatoms. The Balaban J connectivity index is 1.40. The summed E-state index contributed by atoms with van der Waals surface area (Å²) in [7, 11) is 0. The van der Waals surface area contributed by atoms with E-state index in [0.717, 1.165) is 28.6 Å². The molecule has 4 aromatic rings. The van der Waals surface area contributed by atoms with Crippen LogP contribution >= 0.6 is 11.6 Å². The molecule has 0 amide bonds. The van der Waals surface area contributed by atoms with E-state index in [2.05, 4.69) is 9.97 Å². The van der Waals surface area contributed by atoms with Gasteiger partial charge in [-0.15, -0.1) is 0 Å². The SMILES string of the molecule is Clc1ccc2nc(COc3ccc(Oc4ccncc4)cc3)cn2c1. The number of fused-ring (bicyclic) bond motifs is 1. The summed E-state index contributed by atoms with van der Waals surface area (Å²) >= 11 is 5.98. The molecule has 0 spiro atoms. The van der Waals surface area contributed by atoms with Gasteiger partial charge in [0.2, 0.25) is 0 Å². The average molecular weight is 352 g/mol. The minimum absolute atomic E-state index is 0.379. The van der Waals surface area contributed by atoms with Gasteiger partial charge >= 0.3 is 0 Å². The zero-order valence-electron chi connectivity index (χ0n) is 13.2. The number of imidazole rings is 1. The number of pyridine rings is 2. The van der Waals surface area contributed by atoms with E-state index in [1.807, 2.05) is 53.2 Å². The van der Waals surface area contributed by atoms with E-state index in [4.69, 9.17) is 21.1 Å². The lowest BCUT2D eigenvalue weighted by Gasteiger charge is -2.07. The van der Waals surface area contributed by atoms with Crippen LogP contribution in [-0.2, 0) is 6.61 Å². The molecule has 3 heterocycles. The summed E-state index contributed by atoms with van der Waals surface area (Å²) in [5.41, 5.74) is 1.67. The number of rotatable bonds is 5. The Bertz CT molecular complexity index is 985. The lowest BCUT2D eigenvalue weighted by Crippen LogP contribution is -1.95. The van der Waals surface area contributed by atoms with Gasteiger partial charge in [-0.1, -0.05) is 11.6 Å². The Kier molecular flexibility index (Phi) is 4.23. The molecule has 0 saturated heterocycles. The van der Waals surface area contributed by atoms with Gasteiger partial charge in [-0.3, -0.25) is 4.98 Å². The molecule has 0 aliphatic rings. The van der Waals surface area contributed by atoms with Gasteiger partial charge in [0.15, 0.2) is 0 Å². The summed E-state index contributed by atoms with van der Waals surface area (Å²) in [6.45, 7) is 0.379. The smallest absolute Gasteiger partial charge is 0.137 e. The van der Waals surface area contributed by atoms with Crippen LogP contribution in [0.1, 0.15) is 5.69 Å². The molecule has 0 N–H and O–H groups in total. The summed E-state index contributed by atoms with van der Waals surface area (Å²) in [6, 6.07) is 14.7. The van der Waals surface area contributed by atoms with Gasteiger partial charge in [-0.2, -0.15) is 0 Å². The minimum atomic E-state index is 0.379. The van der Waals surface area contributed by atoms with Crippen molar-refractivity contribution in [3.05, 3.63) is 84.0 Å². The molecule has 4 rings (SSSR count). The van der Waals surface area contributed by atoms with E-state index in [0.29, 0.717) is 11.6 Å². The Morgan fingerprint density at radius 1 is 0.840 bits per heavy atom. The zero-order chi connectivity index (χ0) is 17.1. The molecule has 0 aliphatic carbocycles. The number of hydrogen-bond donors (Lipinski definition) is 0. The third-order valence-corrected chi connectivity index (χ3v) is 3.78. The molecule has 0 saturated carbocycles. The van der Waals surface area contributed by atoms with E-state index < -0.39 is 0 Å². The van der Waals surface area contributed by atoms with E-state index >= 15 is 0 Å². The van der Waals surface area contributed by atoms with Crippen molar-refractivity contribution in [3.8, 4) is 17.2 Å². The molecule has 5 nitrogen and oxygen atoms in total. The van der Waals surface area contributed by atoms with Crippen LogP contribution in [0.4, 0.5) is 0 Å². The monoisotopic (exact) mass is 351 g/mol. The molecule has 3 aromatic heterocycles. The van der Waals surface area contributed by atoms with Crippen LogP contribution in [0.15, 0.2) is 73.3 Å². The first kappa shape index (κ1) is 15.5. The molecule has 25 heavy (non-hydrogen) atoms. The van der Waals surface area contributed by atoms with Gasteiger partial charge in [-0.05, 0) is 48.5 Å². The topological polar surface area (TPSA) is 48.7 Å². The van der Waals surface area contributed by atoms with Gasteiger partial charge in [-0.25, -0.2) is 4.98 Å². The van der Waals surface area contributed by atoms with Crippen LogP contribution < -0.4 is 9.47 Å². The van der Waals surface area contributed by atoms with E-state index in [9.17, 15) is 0 Å². The predicted molar refractivity (Wildman–Crippen MR) is 95.3 cm³/mol. The average Bonchev–Trinajstić information content (AvgIpc) is 3.04. The Morgan fingerprint density at radius 2 is 1.56 bits per heavy atom. The van der Waals surface area contributed by atoms with Gasteiger partial charge in [0.25, 0.3) is 0 Å². The highest BCUT2D eigenvalue weighted by atomic mass is 35.5. The summed E-state index contributed by atoms with van der Waals surface area (Å²) in [6.07, 6.45) is 7.10. The first-order valence-electron chi connectivity index (χ1n) is 7.70. The fourth-order valence-electron chi connectivity index (χ4n) is 2.39. The number of ether oxygens (including phenoxy) is 2. The van der Waals surface area contributed by atoms with E-state index in [-0.39, 0.29) is 0 Å². The fourth-order valence-corrected chi connectivity index (χ4v) is 2.56. The summed E-state index contributed by atoms with van der Waals surface area (Å²) in [5.74, 6) is 2.23. The predicted octanol–water partition coefficient (Wildman–Crippen LogP) is 4.75. The maximum absolute atomic E-state index is 5.98. The van der Waals surface area contributed by atoms with Crippen molar-refractivity contribution in [1.82, 2.24) is 14.4 Å². The number of halogens is 1. The highest BCUT2D eigenvalue weighted by Gasteiger charge is 2.04. The van der Waals surface area contributed by atoms with Crippen molar-refractivity contribution >= 4 is 17.2 Å². The molecular formula is C19H14ClN3O2. The quantitative estimate of drug-likeness (QED) is 0.520. The highest BCUT2D eigenvalue weighted by Crippen LogP contribution is 2.23. The van der Waals surface area contributed by atoms with Crippen molar-refractivity contribution in [2.24, 2.45) is 0 Å². The number of benzene rings is 1. The lowest BCUT2D eigenvalue weighted by atomic mass is 10.3. The van der Waals surface area contributed by atoms with Gasteiger partial charge in [0, 0.05) is 24.8 Å². The molecule has 0 fully saturated rings. The molecule has 1 aromatic carbocycles. The maximum atomic E-state index is 5.98. The van der Waals surface area contributed by atoms with Gasteiger partial charge in [0.05, 0.1) is 10.7 Å². The number of aromatic nitrogens is 3. The summed E-state index contributed by atoms with van der Waals surface area (Å²) in [5, 5.41) is 0.669. The largest absolute Gasteiger partial charge is 0.487 e. The van der Waals surface area contributed by atoms with Crippen molar-refractivity contribution in [2.75, 3.05) is 0 Å². The molecule has 0 radical (unpaired) electrons. The minimum Gasteiger partial charge on any atom is -0.487 e. The third kappa shape index (κ3) is 3.72. The highest BCUT2D eigenvalue weighted by molar-refractivity contribution is 6.30. The van der Waals surface area contributed by atoms with E-state index in [1.54, 1.807) is 24.5 Å². The van der Waals surface area contributed by atoms with Crippen LogP contribution in [0.3, 0.4) is 0 Å². The summed E-state index contributed by atoms with van der Waals surface area (Å²) < 4.78 is 13.4. The van der Waals surface area contributed by atoms with Crippen LogP contribution in [0.5, 0.6) is 17.2 Å². The number of nitrogens with zero attached hydrogens (tertiary/aromatic N) is 3. The normalized spacial score (nSPS) is 10.8. The first-order valence-corrected chi connectivity index (χ1v) is 8.08. The first-order chi connectivity index (χ1) is 12.3. The fraction of sp³-hybridized carbons (Fsp3) is 0.0526. The van der Waals surface area contributed by atoms with Crippen LogP contribution in [0.2, 0.25) is 5.02 Å². The Morgan fingerprint density at radius 3 is 2.36 bits per heavy atom. The molecule has 124 valence electrons. The molecule has 0 aliphatic heterocycles. The molecular weight excluding hydrogens is 338 g/mol. The number of hydrogen-bond acceptors (Lipinski definition) is 4. The Hall–Kier alpha value is -3.05. The second kappa shape index (κ2) is 6.83. The van der Waals surface area contributed by atoms with Gasteiger partial charge in [0.1, 0.15) is 29.5 Å². The summed E-state index contributed by atoms with van der Waals surface area (Å²) in [4.78, 5) is 8.45. The van der Waals surface area contributed by atoms with Crippen molar-refractivity contribution in [3.63, 3.8) is 0 Å². The standard InChI is InChI=1S/C19H14ClN3O2/c20-14-1-6-19-22-15(12-23(19)11-14)13-24-16-2-4-17(5-3-16)25-18-7-9-21-10-8-18/h1-12H,13H2. The van der Waals surface area contributed by atoms with E-state index in [1.165, 1.54) is 0 Å².